The summed E-state index contributed by atoms with van der Waals surface area (Å²) < 4.78 is 11.6. The van der Waals surface area contributed by atoms with Crippen molar-refractivity contribution in [3.8, 4) is 17.6 Å². The van der Waals surface area contributed by atoms with Crippen LogP contribution in [-0.4, -0.2) is 19.3 Å². The second-order valence-electron chi connectivity index (χ2n) is 6.92. The molecule has 128 valence electrons. The van der Waals surface area contributed by atoms with E-state index in [0.717, 1.165) is 24.2 Å². The third kappa shape index (κ3) is 3.24. The lowest BCUT2D eigenvalue weighted by Crippen LogP contribution is -2.31. The Morgan fingerprint density at radius 3 is 2.46 bits per heavy atom. The van der Waals surface area contributed by atoms with E-state index in [9.17, 15) is 10.2 Å². The van der Waals surface area contributed by atoms with Crippen LogP contribution in [0.3, 0.4) is 0 Å². The fourth-order valence-electron chi connectivity index (χ4n) is 3.92. The normalized spacial score (nSPS) is 27.4. The van der Waals surface area contributed by atoms with Crippen LogP contribution >= 0.6 is 0 Å². The molecule has 1 aromatic carbocycles. The number of methoxy groups -OCH3 is 1. The van der Waals surface area contributed by atoms with E-state index in [-0.39, 0.29) is 12.1 Å². The molecule has 0 saturated heterocycles. The Morgan fingerprint density at radius 1 is 1.17 bits per heavy atom. The van der Waals surface area contributed by atoms with Gasteiger partial charge in [0.2, 0.25) is 0 Å². The molecule has 0 spiro atoms. The molecular formula is C19H24N2O3. The molecular weight excluding hydrogens is 304 g/mol. The van der Waals surface area contributed by atoms with Gasteiger partial charge in [-0.3, -0.25) is 0 Å². The minimum atomic E-state index is -0.554. The van der Waals surface area contributed by atoms with Crippen molar-refractivity contribution in [2.24, 2.45) is 5.18 Å². The molecule has 0 unspecified atom stereocenters. The maximum absolute atomic E-state index is 10.8. The molecule has 0 N–H and O–H groups in total. The summed E-state index contributed by atoms with van der Waals surface area (Å²) in [4.78, 5) is 10.8. The minimum absolute atomic E-state index is 0.154. The Labute approximate surface area is 142 Å². The standard InChI is InChI=1S/C19H24N2O3/c1-23-17-7-6-14(12-18(17)24-16-4-2-3-5-16)19(13-20)10-8-15(21-22)9-11-19/h6-7,12,15-16H,2-5,8-11H2,1H3. The molecule has 2 aliphatic carbocycles. The predicted octanol–water partition coefficient (Wildman–Crippen LogP) is 4.49. The number of hydrogen-bond acceptors (Lipinski definition) is 5. The van der Waals surface area contributed by atoms with Crippen LogP contribution in [0.1, 0.15) is 56.9 Å². The lowest BCUT2D eigenvalue weighted by Gasteiger charge is -2.33. The number of rotatable bonds is 5. The second-order valence-corrected chi connectivity index (χ2v) is 6.92. The SMILES string of the molecule is COc1ccc(C2(C#N)CCC(N=O)CC2)cc1OC1CCCC1. The summed E-state index contributed by atoms with van der Waals surface area (Å²) in [7, 11) is 1.64. The van der Waals surface area contributed by atoms with Gasteiger partial charge in [-0.15, -0.1) is 0 Å². The summed E-state index contributed by atoms with van der Waals surface area (Å²) in [6.07, 6.45) is 7.45. The average molecular weight is 328 g/mol. The molecule has 0 aromatic heterocycles. The molecule has 3 rings (SSSR count). The van der Waals surface area contributed by atoms with Crippen molar-refractivity contribution >= 4 is 0 Å². The molecule has 0 atom stereocenters. The van der Waals surface area contributed by atoms with Crippen LogP contribution in [-0.2, 0) is 5.41 Å². The van der Waals surface area contributed by atoms with E-state index < -0.39 is 5.41 Å². The van der Waals surface area contributed by atoms with Crippen molar-refractivity contribution in [1.29, 1.82) is 5.26 Å². The second kappa shape index (κ2) is 7.21. The lowest BCUT2D eigenvalue weighted by atomic mass is 9.69. The van der Waals surface area contributed by atoms with Gasteiger partial charge in [-0.1, -0.05) is 11.2 Å². The molecule has 0 aliphatic heterocycles. The number of hydrogen-bond donors (Lipinski definition) is 0. The average Bonchev–Trinajstić information content (AvgIpc) is 3.15. The molecule has 1 aromatic rings. The first kappa shape index (κ1) is 16.8. The van der Waals surface area contributed by atoms with Crippen molar-refractivity contribution in [2.45, 2.75) is 68.9 Å². The number of ether oxygens (including phenoxy) is 2. The van der Waals surface area contributed by atoms with Crippen LogP contribution in [0.25, 0.3) is 0 Å². The fourth-order valence-corrected chi connectivity index (χ4v) is 3.92. The van der Waals surface area contributed by atoms with E-state index in [1.54, 1.807) is 7.11 Å². The van der Waals surface area contributed by atoms with Gasteiger partial charge in [0.15, 0.2) is 11.5 Å². The highest BCUT2D eigenvalue weighted by Gasteiger charge is 2.38. The topological polar surface area (TPSA) is 71.7 Å². The largest absolute Gasteiger partial charge is 0.493 e. The molecule has 0 radical (unpaired) electrons. The predicted molar refractivity (Wildman–Crippen MR) is 91.2 cm³/mol. The Kier molecular flexibility index (Phi) is 5.03. The van der Waals surface area contributed by atoms with Crippen molar-refractivity contribution < 1.29 is 9.47 Å². The summed E-state index contributed by atoms with van der Waals surface area (Å²) in [6.45, 7) is 0. The Hall–Kier alpha value is -2.09. The smallest absolute Gasteiger partial charge is 0.161 e. The minimum Gasteiger partial charge on any atom is -0.493 e. The number of nitriles is 1. The molecule has 0 heterocycles. The van der Waals surface area contributed by atoms with Crippen molar-refractivity contribution in [2.75, 3.05) is 7.11 Å². The van der Waals surface area contributed by atoms with Gasteiger partial charge in [0.05, 0.1) is 30.7 Å². The summed E-state index contributed by atoms with van der Waals surface area (Å²) in [5.74, 6) is 1.44. The van der Waals surface area contributed by atoms with Crippen LogP contribution < -0.4 is 9.47 Å². The highest BCUT2D eigenvalue weighted by molar-refractivity contribution is 5.47. The first-order valence-corrected chi connectivity index (χ1v) is 8.79. The summed E-state index contributed by atoms with van der Waals surface area (Å²) in [5.41, 5.74) is 0.407. The van der Waals surface area contributed by atoms with Gasteiger partial charge in [-0.05, 0) is 69.1 Å². The van der Waals surface area contributed by atoms with Crippen molar-refractivity contribution in [3.63, 3.8) is 0 Å². The van der Waals surface area contributed by atoms with Crippen molar-refractivity contribution in [1.82, 2.24) is 0 Å². The summed E-state index contributed by atoms with van der Waals surface area (Å²) >= 11 is 0. The Morgan fingerprint density at radius 2 is 1.88 bits per heavy atom. The molecule has 0 amide bonds. The van der Waals surface area contributed by atoms with Gasteiger partial charge in [-0.2, -0.15) is 10.2 Å². The quantitative estimate of drug-likeness (QED) is 0.747. The van der Waals surface area contributed by atoms with E-state index in [4.69, 9.17) is 9.47 Å². The monoisotopic (exact) mass is 328 g/mol. The van der Waals surface area contributed by atoms with Crippen LogP contribution in [0.5, 0.6) is 11.5 Å². The lowest BCUT2D eigenvalue weighted by molar-refractivity contribution is 0.200. The molecule has 2 aliphatic rings. The number of nitrogens with zero attached hydrogens (tertiary/aromatic N) is 2. The van der Waals surface area contributed by atoms with Crippen LogP contribution in [0, 0.1) is 16.2 Å². The van der Waals surface area contributed by atoms with Gasteiger partial charge < -0.3 is 9.47 Å². The molecule has 2 saturated carbocycles. The molecule has 5 heteroatoms. The van der Waals surface area contributed by atoms with E-state index in [1.807, 2.05) is 18.2 Å². The van der Waals surface area contributed by atoms with Crippen LogP contribution in [0.4, 0.5) is 0 Å². The zero-order chi connectivity index (χ0) is 17.0. The molecule has 5 nitrogen and oxygen atoms in total. The zero-order valence-corrected chi connectivity index (χ0v) is 14.2. The van der Waals surface area contributed by atoms with Crippen LogP contribution in [0.2, 0.25) is 0 Å². The first-order chi connectivity index (χ1) is 11.7. The first-order valence-electron chi connectivity index (χ1n) is 8.79. The van der Waals surface area contributed by atoms with E-state index in [1.165, 1.54) is 12.8 Å². The van der Waals surface area contributed by atoms with Gasteiger partial charge in [0.25, 0.3) is 0 Å². The summed E-state index contributed by atoms with van der Waals surface area (Å²) in [6, 6.07) is 8.16. The maximum Gasteiger partial charge on any atom is 0.161 e. The zero-order valence-electron chi connectivity index (χ0n) is 14.2. The highest BCUT2D eigenvalue weighted by atomic mass is 16.5. The van der Waals surface area contributed by atoms with Gasteiger partial charge in [-0.25, -0.2) is 0 Å². The van der Waals surface area contributed by atoms with E-state index in [0.29, 0.717) is 31.4 Å². The third-order valence-corrected chi connectivity index (χ3v) is 5.48. The third-order valence-electron chi connectivity index (χ3n) is 5.48. The highest BCUT2D eigenvalue weighted by Crippen LogP contribution is 2.43. The van der Waals surface area contributed by atoms with Gasteiger partial charge >= 0.3 is 0 Å². The molecule has 24 heavy (non-hydrogen) atoms. The van der Waals surface area contributed by atoms with Gasteiger partial charge in [0, 0.05) is 0 Å². The van der Waals surface area contributed by atoms with E-state index in [2.05, 4.69) is 11.2 Å². The Bertz CT molecular complexity index is 624. The fraction of sp³-hybridized carbons (Fsp3) is 0.632. The number of nitroso groups, excluding NO2 is 1. The van der Waals surface area contributed by atoms with E-state index >= 15 is 0 Å². The summed E-state index contributed by atoms with van der Waals surface area (Å²) in [5, 5.41) is 13.0. The maximum atomic E-state index is 10.8. The van der Waals surface area contributed by atoms with Crippen LogP contribution in [0.15, 0.2) is 23.4 Å². The van der Waals surface area contributed by atoms with Crippen molar-refractivity contribution in [3.05, 3.63) is 28.7 Å². The molecule has 2 fully saturated rings. The number of benzene rings is 1. The Balaban J connectivity index is 1.86. The van der Waals surface area contributed by atoms with Gasteiger partial charge in [0.1, 0.15) is 0 Å². The molecule has 0 bridgehead atoms.